The van der Waals surface area contributed by atoms with Gasteiger partial charge in [-0.05, 0) is 37.0 Å². The first kappa shape index (κ1) is 16.3. The molecular formula is C21H19N3O2. The Morgan fingerprint density at radius 3 is 2.38 bits per heavy atom. The van der Waals surface area contributed by atoms with Gasteiger partial charge in [-0.1, -0.05) is 48.5 Å². The van der Waals surface area contributed by atoms with Crippen LogP contribution in [0.5, 0.6) is 0 Å². The van der Waals surface area contributed by atoms with E-state index in [1.165, 1.54) is 0 Å². The van der Waals surface area contributed by atoms with Crippen LogP contribution in [0.4, 0.5) is 5.69 Å². The third-order valence-electron chi connectivity index (χ3n) is 4.94. The van der Waals surface area contributed by atoms with Crippen LogP contribution in [0.2, 0.25) is 0 Å². The molecule has 0 spiro atoms. The van der Waals surface area contributed by atoms with Gasteiger partial charge in [-0.25, -0.2) is 0 Å². The third-order valence-corrected chi connectivity index (χ3v) is 4.94. The van der Waals surface area contributed by atoms with Crippen LogP contribution in [0.25, 0.3) is 10.9 Å². The summed E-state index contributed by atoms with van der Waals surface area (Å²) in [6, 6.07) is 19.2. The molecule has 1 saturated carbocycles. The lowest BCUT2D eigenvalue weighted by molar-refractivity contribution is -0.138. The van der Waals surface area contributed by atoms with E-state index in [0.29, 0.717) is 5.69 Å². The van der Waals surface area contributed by atoms with Crippen LogP contribution in [-0.2, 0) is 15.1 Å². The fourth-order valence-corrected chi connectivity index (χ4v) is 3.37. The number of amides is 2. The van der Waals surface area contributed by atoms with Gasteiger partial charge < -0.3 is 10.6 Å². The predicted octanol–water partition coefficient (Wildman–Crippen LogP) is 3.37. The summed E-state index contributed by atoms with van der Waals surface area (Å²) in [5.41, 5.74) is 1.95. The number of fused-ring (bicyclic) bond motifs is 1. The highest BCUT2D eigenvalue weighted by Crippen LogP contribution is 2.41. The standard InChI is InChI=1S/C21H19N3O2/c25-19(23-17-13-15-7-4-5-10-18(15)22-14-17)20(26)24-21(11-6-12-21)16-8-2-1-3-9-16/h1-5,7-10,13-14H,6,11-12H2,(H,23,25)(H,24,26). The van der Waals surface area contributed by atoms with Crippen molar-refractivity contribution in [3.63, 3.8) is 0 Å². The highest BCUT2D eigenvalue weighted by molar-refractivity contribution is 6.39. The summed E-state index contributed by atoms with van der Waals surface area (Å²) < 4.78 is 0. The maximum absolute atomic E-state index is 12.4. The van der Waals surface area contributed by atoms with Crippen molar-refractivity contribution >= 4 is 28.4 Å². The second-order valence-corrected chi connectivity index (χ2v) is 6.63. The Balaban J connectivity index is 1.48. The van der Waals surface area contributed by atoms with Crippen LogP contribution in [0.1, 0.15) is 24.8 Å². The summed E-state index contributed by atoms with van der Waals surface area (Å²) in [6.07, 6.45) is 4.27. The monoisotopic (exact) mass is 345 g/mol. The highest BCUT2D eigenvalue weighted by atomic mass is 16.2. The third kappa shape index (κ3) is 3.04. The molecule has 130 valence electrons. The number of nitrogens with one attached hydrogen (secondary N) is 2. The first-order chi connectivity index (χ1) is 12.7. The molecule has 1 aliphatic carbocycles. The lowest BCUT2D eigenvalue weighted by Crippen LogP contribution is -2.53. The number of benzene rings is 2. The number of carbonyl (C=O) groups is 2. The SMILES string of the molecule is O=C(Nc1cnc2ccccc2c1)C(=O)NC1(c2ccccc2)CCC1. The Labute approximate surface area is 151 Å². The largest absolute Gasteiger partial charge is 0.338 e. The van der Waals surface area contributed by atoms with Crippen LogP contribution in [0.3, 0.4) is 0 Å². The van der Waals surface area contributed by atoms with Crippen LogP contribution in [-0.4, -0.2) is 16.8 Å². The van der Waals surface area contributed by atoms with E-state index in [2.05, 4.69) is 15.6 Å². The molecule has 5 heteroatoms. The number of hydrogen-bond donors (Lipinski definition) is 2. The molecule has 0 unspecified atom stereocenters. The van der Waals surface area contributed by atoms with Crippen molar-refractivity contribution < 1.29 is 9.59 Å². The van der Waals surface area contributed by atoms with Gasteiger partial charge in [0.2, 0.25) is 0 Å². The molecule has 4 rings (SSSR count). The van der Waals surface area contributed by atoms with E-state index in [1.807, 2.05) is 60.7 Å². The topological polar surface area (TPSA) is 71.1 Å². The zero-order chi connectivity index (χ0) is 18.0. The Morgan fingerprint density at radius 2 is 1.65 bits per heavy atom. The summed E-state index contributed by atoms with van der Waals surface area (Å²) in [5, 5.41) is 6.48. The molecule has 1 fully saturated rings. The number of carbonyl (C=O) groups excluding carboxylic acids is 2. The Morgan fingerprint density at radius 1 is 0.923 bits per heavy atom. The lowest BCUT2D eigenvalue weighted by Gasteiger charge is -2.42. The van der Waals surface area contributed by atoms with Gasteiger partial charge >= 0.3 is 11.8 Å². The summed E-state index contributed by atoms with van der Waals surface area (Å²) in [5.74, 6) is -1.30. The molecular weight excluding hydrogens is 326 g/mol. The second-order valence-electron chi connectivity index (χ2n) is 6.63. The first-order valence-electron chi connectivity index (χ1n) is 8.70. The van der Waals surface area contributed by atoms with Crippen molar-refractivity contribution in [3.8, 4) is 0 Å². The van der Waals surface area contributed by atoms with Gasteiger partial charge in [-0.2, -0.15) is 0 Å². The van der Waals surface area contributed by atoms with Crippen molar-refractivity contribution in [2.24, 2.45) is 0 Å². The Kier molecular flexibility index (Phi) is 4.13. The minimum absolute atomic E-state index is 0.433. The van der Waals surface area contributed by atoms with Gasteiger partial charge in [0.25, 0.3) is 0 Å². The first-order valence-corrected chi connectivity index (χ1v) is 8.70. The molecule has 2 aromatic carbocycles. The molecule has 1 aliphatic rings. The molecule has 0 radical (unpaired) electrons. The zero-order valence-corrected chi connectivity index (χ0v) is 14.2. The summed E-state index contributed by atoms with van der Waals surface area (Å²) >= 11 is 0. The molecule has 26 heavy (non-hydrogen) atoms. The van der Waals surface area contributed by atoms with E-state index < -0.39 is 17.4 Å². The molecule has 0 saturated heterocycles. The van der Waals surface area contributed by atoms with Crippen molar-refractivity contribution in [2.75, 3.05) is 5.32 Å². The molecule has 2 amide bonds. The fraction of sp³-hybridized carbons (Fsp3) is 0.190. The van der Waals surface area contributed by atoms with Gasteiger partial charge in [0.1, 0.15) is 0 Å². The maximum Gasteiger partial charge on any atom is 0.313 e. The smallest absolute Gasteiger partial charge is 0.313 e. The van der Waals surface area contributed by atoms with Gasteiger partial charge in [0.05, 0.1) is 22.9 Å². The number of rotatable bonds is 3. The van der Waals surface area contributed by atoms with E-state index in [4.69, 9.17) is 0 Å². The maximum atomic E-state index is 12.4. The van der Waals surface area contributed by atoms with Crippen molar-refractivity contribution in [1.82, 2.24) is 10.3 Å². The normalized spacial score (nSPS) is 15.1. The number of pyridine rings is 1. The fourth-order valence-electron chi connectivity index (χ4n) is 3.37. The molecule has 2 N–H and O–H groups in total. The van der Waals surface area contributed by atoms with E-state index in [0.717, 1.165) is 35.7 Å². The number of para-hydroxylation sites is 1. The molecule has 5 nitrogen and oxygen atoms in total. The zero-order valence-electron chi connectivity index (χ0n) is 14.2. The summed E-state index contributed by atoms with van der Waals surface area (Å²) in [4.78, 5) is 29.1. The van der Waals surface area contributed by atoms with Crippen LogP contribution >= 0.6 is 0 Å². The molecule has 0 bridgehead atoms. The number of aromatic nitrogens is 1. The van der Waals surface area contributed by atoms with Crippen LogP contribution in [0.15, 0.2) is 66.9 Å². The quantitative estimate of drug-likeness (QED) is 0.715. The summed E-state index contributed by atoms with van der Waals surface area (Å²) in [7, 11) is 0. The minimum atomic E-state index is -0.677. The van der Waals surface area contributed by atoms with E-state index >= 15 is 0 Å². The van der Waals surface area contributed by atoms with E-state index in [1.54, 1.807) is 6.20 Å². The molecule has 1 heterocycles. The van der Waals surface area contributed by atoms with Crippen LogP contribution in [0, 0.1) is 0 Å². The van der Waals surface area contributed by atoms with E-state index in [-0.39, 0.29) is 0 Å². The summed E-state index contributed by atoms with van der Waals surface area (Å²) in [6.45, 7) is 0. The highest BCUT2D eigenvalue weighted by Gasteiger charge is 2.41. The minimum Gasteiger partial charge on any atom is -0.338 e. The Bertz CT molecular complexity index is 965. The molecule has 3 aromatic rings. The van der Waals surface area contributed by atoms with Gasteiger partial charge in [0.15, 0.2) is 0 Å². The average Bonchev–Trinajstić information content (AvgIpc) is 2.65. The number of hydrogen-bond acceptors (Lipinski definition) is 3. The predicted molar refractivity (Wildman–Crippen MR) is 100 cm³/mol. The average molecular weight is 345 g/mol. The van der Waals surface area contributed by atoms with Gasteiger partial charge in [-0.3, -0.25) is 14.6 Å². The molecule has 0 aliphatic heterocycles. The Hall–Kier alpha value is -3.21. The van der Waals surface area contributed by atoms with Crippen molar-refractivity contribution in [1.29, 1.82) is 0 Å². The number of nitrogens with zero attached hydrogens (tertiary/aromatic N) is 1. The molecule has 0 atom stereocenters. The number of anilines is 1. The van der Waals surface area contributed by atoms with Crippen molar-refractivity contribution in [2.45, 2.75) is 24.8 Å². The van der Waals surface area contributed by atoms with Crippen molar-refractivity contribution in [3.05, 3.63) is 72.4 Å². The van der Waals surface area contributed by atoms with E-state index in [9.17, 15) is 9.59 Å². The lowest BCUT2D eigenvalue weighted by atomic mass is 9.72. The van der Waals surface area contributed by atoms with Gasteiger partial charge in [0, 0.05) is 5.39 Å². The van der Waals surface area contributed by atoms with Gasteiger partial charge in [-0.15, -0.1) is 0 Å². The molecule has 1 aromatic heterocycles. The second kappa shape index (κ2) is 6.59. The van der Waals surface area contributed by atoms with Crippen LogP contribution < -0.4 is 10.6 Å².